The van der Waals surface area contributed by atoms with Crippen molar-refractivity contribution in [2.24, 2.45) is 0 Å². The van der Waals surface area contributed by atoms with E-state index in [9.17, 15) is 9.59 Å². The van der Waals surface area contributed by atoms with Gasteiger partial charge in [0.15, 0.2) is 0 Å². The molecule has 5 nitrogen and oxygen atoms in total. The minimum Gasteiger partial charge on any atom is -0.467 e. The van der Waals surface area contributed by atoms with Crippen molar-refractivity contribution < 1.29 is 14.3 Å². The summed E-state index contributed by atoms with van der Waals surface area (Å²) in [7, 11) is 1.33. The Hall–Kier alpha value is -2.34. The third kappa shape index (κ3) is 4.35. The highest BCUT2D eigenvalue weighted by molar-refractivity contribution is 7.13. The molecule has 0 aliphatic rings. The Kier molecular flexibility index (Phi) is 6.37. The van der Waals surface area contributed by atoms with Gasteiger partial charge in [-0.3, -0.25) is 4.79 Å². The van der Waals surface area contributed by atoms with Crippen molar-refractivity contribution in [3.8, 4) is 10.4 Å². The third-order valence-corrected chi connectivity index (χ3v) is 4.62. The molecule has 1 atom stereocenters. The van der Waals surface area contributed by atoms with Gasteiger partial charge in [-0.15, -0.1) is 11.3 Å². The van der Waals surface area contributed by atoms with Gasteiger partial charge in [-0.1, -0.05) is 25.8 Å². The van der Waals surface area contributed by atoms with Crippen molar-refractivity contribution in [1.29, 1.82) is 0 Å². The predicted octanol–water partition coefficient (Wildman–Crippen LogP) is 3.46. The molecule has 0 saturated carbocycles. The Morgan fingerprint density at radius 3 is 2.75 bits per heavy atom. The molecule has 0 bridgehead atoms. The molecule has 3 N–H and O–H groups in total. The van der Waals surface area contributed by atoms with Gasteiger partial charge in [0.05, 0.1) is 7.11 Å². The molecule has 0 spiro atoms. The zero-order valence-corrected chi connectivity index (χ0v) is 14.7. The van der Waals surface area contributed by atoms with Crippen LogP contribution in [0.2, 0.25) is 0 Å². The quantitative estimate of drug-likeness (QED) is 0.594. The zero-order valence-electron chi connectivity index (χ0n) is 13.9. The molecule has 0 saturated heterocycles. The Bertz CT molecular complexity index is 698. The van der Waals surface area contributed by atoms with Gasteiger partial charge in [-0.05, 0) is 36.1 Å². The molecule has 0 aliphatic carbocycles. The number of methoxy groups -OCH3 is 1. The van der Waals surface area contributed by atoms with Gasteiger partial charge in [-0.25, -0.2) is 4.79 Å². The van der Waals surface area contributed by atoms with Crippen molar-refractivity contribution in [1.82, 2.24) is 5.32 Å². The number of hydrogen-bond acceptors (Lipinski definition) is 5. The second-order valence-corrected chi connectivity index (χ2v) is 6.42. The number of ether oxygens (including phenoxy) is 1. The summed E-state index contributed by atoms with van der Waals surface area (Å²) in [4.78, 5) is 25.6. The summed E-state index contributed by atoms with van der Waals surface area (Å²) >= 11 is 1.53. The lowest BCUT2D eigenvalue weighted by Gasteiger charge is -2.17. The number of nitrogen functional groups attached to an aromatic ring is 1. The summed E-state index contributed by atoms with van der Waals surface area (Å²) in [6.07, 6.45) is 2.32. The van der Waals surface area contributed by atoms with Crippen molar-refractivity contribution in [2.45, 2.75) is 32.2 Å². The van der Waals surface area contributed by atoms with E-state index in [1.807, 2.05) is 24.4 Å². The molecule has 1 amide bonds. The first kappa shape index (κ1) is 18.0. The highest BCUT2D eigenvalue weighted by Crippen LogP contribution is 2.30. The van der Waals surface area contributed by atoms with E-state index in [0.717, 1.165) is 23.3 Å². The van der Waals surface area contributed by atoms with Crippen molar-refractivity contribution in [3.05, 3.63) is 41.3 Å². The fourth-order valence-electron chi connectivity index (χ4n) is 2.43. The van der Waals surface area contributed by atoms with E-state index in [1.165, 1.54) is 18.4 Å². The first-order valence-electron chi connectivity index (χ1n) is 7.89. The number of nitrogens with one attached hydrogen (secondary N) is 1. The minimum atomic E-state index is -0.642. The maximum Gasteiger partial charge on any atom is 0.328 e. The molecule has 24 heavy (non-hydrogen) atoms. The maximum absolute atomic E-state index is 12.7. The number of hydrogen-bond donors (Lipinski definition) is 2. The van der Waals surface area contributed by atoms with Crippen LogP contribution >= 0.6 is 11.3 Å². The average molecular weight is 346 g/mol. The summed E-state index contributed by atoms with van der Waals surface area (Å²) in [6, 6.07) is 8.37. The first-order valence-corrected chi connectivity index (χ1v) is 8.76. The fraction of sp³-hybridized carbons (Fsp3) is 0.333. The number of amides is 1. The van der Waals surface area contributed by atoms with Gasteiger partial charge in [-0.2, -0.15) is 0 Å². The van der Waals surface area contributed by atoms with Crippen molar-refractivity contribution in [2.75, 3.05) is 12.8 Å². The van der Waals surface area contributed by atoms with E-state index in [2.05, 4.69) is 5.32 Å². The second kappa shape index (κ2) is 8.49. The van der Waals surface area contributed by atoms with Gasteiger partial charge in [0.2, 0.25) is 0 Å². The van der Waals surface area contributed by atoms with E-state index < -0.39 is 12.0 Å². The lowest BCUT2D eigenvalue weighted by molar-refractivity contribution is -0.143. The average Bonchev–Trinajstić information content (AvgIpc) is 3.12. The van der Waals surface area contributed by atoms with Crippen LogP contribution in [0.4, 0.5) is 5.69 Å². The largest absolute Gasteiger partial charge is 0.467 e. The number of anilines is 1. The lowest BCUT2D eigenvalue weighted by atomic mass is 10.0. The molecule has 0 aliphatic heterocycles. The number of benzene rings is 1. The van der Waals surface area contributed by atoms with Crippen molar-refractivity contribution >= 4 is 28.9 Å². The van der Waals surface area contributed by atoms with Gasteiger partial charge < -0.3 is 15.8 Å². The number of rotatable bonds is 7. The molecular weight excluding hydrogens is 324 g/mol. The molecule has 0 unspecified atom stereocenters. The molecule has 128 valence electrons. The molecular formula is C18H22N2O3S. The fourth-order valence-corrected chi connectivity index (χ4v) is 3.19. The lowest BCUT2D eigenvalue weighted by Crippen LogP contribution is -2.41. The monoisotopic (exact) mass is 346 g/mol. The highest BCUT2D eigenvalue weighted by Gasteiger charge is 2.23. The Morgan fingerprint density at radius 2 is 2.12 bits per heavy atom. The van der Waals surface area contributed by atoms with E-state index in [-0.39, 0.29) is 5.91 Å². The summed E-state index contributed by atoms with van der Waals surface area (Å²) in [6.45, 7) is 2.03. The third-order valence-electron chi connectivity index (χ3n) is 3.71. The molecule has 6 heteroatoms. The standard InChI is InChI=1S/C18H22N2O3S/c1-3-4-6-15(18(22)23-2)20-17(21)13-9-8-12(19)11-14(13)16-7-5-10-24-16/h5,7-11,15H,3-4,6,19H2,1-2H3,(H,20,21)/t15-/m1/s1. The number of carbonyl (C=O) groups is 2. The number of thiophene rings is 1. The van der Waals surface area contributed by atoms with E-state index >= 15 is 0 Å². The molecule has 2 rings (SSSR count). The van der Waals surface area contributed by atoms with Crippen LogP contribution in [0, 0.1) is 0 Å². The second-order valence-electron chi connectivity index (χ2n) is 5.47. The Balaban J connectivity index is 2.27. The topological polar surface area (TPSA) is 81.4 Å². The summed E-state index contributed by atoms with van der Waals surface area (Å²) in [5, 5.41) is 4.73. The van der Waals surface area contributed by atoms with Crippen molar-refractivity contribution in [3.63, 3.8) is 0 Å². The maximum atomic E-state index is 12.7. The number of unbranched alkanes of at least 4 members (excludes halogenated alkanes) is 1. The number of nitrogens with two attached hydrogens (primary N) is 1. The Labute approximate surface area is 145 Å². The normalized spacial score (nSPS) is 11.8. The molecule has 0 radical (unpaired) electrons. The number of carbonyl (C=O) groups excluding carboxylic acids is 2. The van der Waals surface area contributed by atoms with Crippen LogP contribution in [0.1, 0.15) is 36.5 Å². The molecule has 1 aromatic carbocycles. The summed E-state index contributed by atoms with van der Waals surface area (Å²) in [5.41, 5.74) is 7.72. The first-order chi connectivity index (χ1) is 11.6. The van der Waals surface area contributed by atoms with Gasteiger partial charge in [0.1, 0.15) is 6.04 Å². The van der Waals surface area contributed by atoms with Crippen LogP contribution in [-0.4, -0.2) is 25.0 Å². The van der Waals surface area contributed by atoms with E-state index in [0.29, 0.717) is 17.7 Å². The molecule has 0 fully saturated rings. The van der Waals surface area contributed by atoms with Crippen LogP contribution in [0.25, 0.3) is 10.4 Å². The summed E-state index contributed by atoms with van der Waals surface area (Å²) < 4.78 is 4.80. The van der Waals surface area contributed by atoms with Crippen LogP contribution in [0.15, 0.2) is 35.7 Å². The van der Waals surface area contributed by atoms with Crippen LogP contribution in [0.3, 0.4) is 0 Å². The van der Waals surface area contributed by atoms with Gasteiger partial charge in [0.25, 0.3) is 5.91 Å². The van der Waals surface area contributed by atoms with Crippen LogP contribution < -0.4 is 11.1 Å². The van der Waals surface area contributed by atoms with Crippen LogP contribution in [-0.2, 0) is 9.53 Å². The van der Waals surface area contributed by atoms with Gasteiger partial charge >= 0.3 is 5.97 Å². The zero-order chi connectivity index (χ0) is 17.5. The Morgan fingerprint density at radius 1 is 1.33 bits per heavy atom. The minimum absolute atomic E-state index is 0.301. The smallest absolute Gasteiger partial charge is 0.328 e. The van der Waals surface area contributed by atoms with Gasteiger partial charge in [0, 0.05) is 21.7 Å². The summed E-state index contributed by atoms with van der Waals surface area (Å²) in [5.74, 6) is -0.727. The van der Waals surface area contributed by atoms with Crippen LogP contribution in [0.5, 0.6) is 0 Å². The molecule has 1 aromatic heterocycles. The number of esters is 1. The molecule has 1 heterocycles. The predicted molar refractivity (Wildman–Crippen MR) is 97.0 cm³/mol. The highest BCUT2D eigenvalue weighted by atomic mass is 32.1. The molecule has 2 aromatic rings. The van der Waals surface area contributed by atoms with E-state index in [4.69, 9.17) is 10.5 Å². The SMILES string of the molecule is CCCC[C@@H](NC(=O)c1ccc(N)cc1-c1cccs1)C(=O)OC. The van der Waals surface area contributed by atoms with E-state index in [1.54, 1.807) is 18.2 Å².